The molecule has 0 radical (unpaired) electrons. The standard InChI is InChI=1S/C31H35F2N4O6S2/c1-44(2)12-11-40-17-37-24-14-23(33)27(34-30(24)35-31(37)43-26-16-42-28-25(38)15-41-29(26)28)19-7-5-18(6-8-19)21-10-9-20(13-22(21)32)36-45(3,4)39/h5-10,13-14,25-26,28-29,38H,11-12,15-17H2,1-4H3/q+1/t25-,26-,28-,29-/m1/s1. The molecule has 14 heteroatoms. The van der Waals surface area contributed by atoms with E-state index in [0.29, 0.717) is 34.5 Å². The third-order valence-electron chi connectivity index (χ3n) is 7.50. The quantitative estimate of drug-likeness (QED) is 0.199. The Bertz CT molecular complexity index is 1820. The molecule has 1 N–H and O–H groups in total. The molecular formula is C31H35F2N4O6S2+. The fourth-order valence-corrected chi connectivity index (χ4v) is 6.41. The number of benzene rings is 2. The minimum atomic E-state index is -2.43. The van der Waals surface area contributed by atoms with Gasteiger partial charge < -0.3 is 24.1 Å². The van der Waals surface area contributed by atoms with E-state index >= 15 is 4.39 Å². The van der Waals surface area contributed by atoms with E-state index in [-0.39, 0.29) is 48.2 Å². The third-order valence-corrected chi connectivity index (χ3v) is 9.14. The first-order chi connectivity index (χ1) is 21.5. The smallest absolute Gasteiger partial charge is 0.301 e. The first kappa shape index (κ1) is 31.8. The highest BCUT2D eigenvalue weighted by atomic mass is 32.2. The number of hydrogen-bond acceptors (Lipinski definition) is 9. The predicted molar refractivity (Wildman–Crippen MR) is 170 cm³/mol. The zero-order valence-electron chi connectivity index (χ0n) is 25.3. The van der Waals surface area contributed by atoms with E-state index in [1.165, 1.54) is 24.6 Å². The summed E-state index contributed by atoms with van der Waals surface area (Å²) in [6, 6.07) is 12.7. The number of hydrogen-bond donors (Lipinski definition) is 1. The maximum absolute atomic E-state index is 15.6. The summed E-state index contributed by atoms with van der Waals surface area (Å²) in [7, 11) is -2.23. The van der Waals surface area contributed by atoms with Gasteiger partial charge in [0.1, 0.15) is 42.3 Å². The average Bonchev–Trinajstić information content (AvgIpc) is 3.65. The Morgan fingerprint density at radius 1 is 1.02 bits per heavy atom. The predicted octanol–water partition coefficient (Wildman–Crippen LogP) is 4.16. The maximum Gasteiger partial charge on any atom is 0.301 e. The van der Waals surface area contributed by atoms with E-state index in [4.69, 9.17) is 18.9 Å². The van der Waals surface area contributed by atoms with Gasteiger partial charge in [-0.3, -0.25) is 4.57 Å². The fraction of sp³-hybridized carbons (Fsp3) is 0.419. The van der Waals surface area contributed by atoms with Crippen LogP contribution in [0.1, 0.15) is 0 Å². The minimum Gasteiger partial charge on any atom is -0.456 e. The van der Waals surface area contributed by atoms with Crippen LogP contribution in [0.25, 0.3) is 33.5 Å². The van der Waals surface area contributed by atoms with Gasteiger partial charge in [0.2, 0.25) is 0 Å². The molecule has 0 saturated carbocycles. The van der Waals surface area contributed by atoms with E-state index in [0.717, 1.165) is 5.75 Å². The molecule has 2 aliphatic rings. The van der Waals surface area contributed by atoms with Crippen molar-refractivity contribution >= 4 is 37.5 Å². The minimum absolute atomic E-state index is 0.0777. The van der Waals surface area contributed by atoms with Crippen LogP contribution in [0.4, 0.5) is 14.5 Å². The van der Waals surface area contributed by atoms with E-state index in [1.54, 1.807) is 41.0 Å². The van der Waals surface area contributed by atoms with Crippen molar-refractivity contribution in [2.24, 2.45) is 4.36 Å². The van der Waals surface area contributed by atoms with Crippen LogP contribution < -0.4 is 4.74 Å². The number of aliphatic hydroxyl groups excluding tert-OH is 1. The molecule has 240 valence electrons. The molecule has 4 aromatic rings. The number of ether oxygens (including phenoxy) is 4. The van der Waals surface area contributed by atoms with Crippen molar-refractivity contribution in [3.05, 3.63) is 60.2 Å². The van der Waals surface area contributed by atoms with E-state index in [2.05, 4.69) is 26.8 Å². The van der Waals surface area contributed by atoms with Crippen molar-refractivity contribution in [3.8, 4) is 28.4 Å². The topological polar surface area (TPSA) is 117 Å². The van der Waals surface area contributed by atoms with E-state index < -0.39 is 45.8 Å². The van der Waals surface area contributed by atoms with Crippen molar-refractivity contribution in [2.45, 2.75) is 31.1 Å². The number of pyridine rings is 1. The Hall–Kier alpha value is -3.14. The van der Waals surface area contributed by atoms with Gasteiger partial charge >= 0.3 is 6.01 Å². The van der Waals surface area contributed by atoms with Crippen molar-refractivity contribution < 1.29 is 37.0 Å². The molecular weight excluding hydrogens is 626 g/mol. The number of fused-ring (bicyclic) bond motifs is 2. The van der Waals surface area contributed by atoms with Crippen LogP contribution in [0.15, 0.2) is 52.9 Å². The Kier molecular flexibility index (Phi) is 9.14. The second kappa shape index (κ2) is 12.9. The number of nitrogens with zero attached hydrogens (tertiary/aromatic N) is 4. The van der Waals surface area contributed by atoms with Gasteiger partial charge in [-0.05, 0) is 28.6 Å². The van der Waals surface area contributed by atoms with Crippen LogP contribution in [0, 0.1) is 11.6 Å². The maximum atomic E-state index is 15.6. The Labute approximate surface area is 263 Å². The molecule has 0 aliphatic carbocycles. The molecule has 2 aromatic heterocycles. The molecule has 45 heavy (non-hydrogen) atoms. The lowest BCUT2D eigenvalue weighted by molar-refractivity contribution is 0.00347. The van der Waals surface area contributed by atoms with Crippen molar-refractivity contribution in [1.82, 2.24) is 14.5 Å². The lowest BCUT2D eigenvalue weighted by Gasteiger charge is -2.18. The van der Waals surface area contributed by atoms with Gasteiger partial charge in [0.25, 0.3) is 0 Å². The molecule has 2 saturated heterocycles. The van der Waals surface area contributed by atoms with Gasteiger partial charge in [0.05, 0.1) is 43.5 Å². The van der Waals surface area contributed by atoms with Crippen LogP contribution in [0.5, 0.6) is 6.01 Å². The fourth-order valence-electron chi connectivity index (χ4n) is 5.34. The van der Waals surface area contributed by atoms with Gasteiger partial charge in [-0.1, -0.05) is 24.3 Å². The van der Waals surface area contributed by atoms with Crippen molar-refractivity contribution in [1.29, 1.82) is 0 Å². The highest BCUT2D eigenvalue weighted by Gasteiger charge is 2.49. The normalized spacial score (nSPS) is 21.5. The second-order valence-corrected chi connectivity index (χ2v) is 16.5. The zero-order valence-corrected chi connectivity index (χ0v) is 26.9. The van der Waals surface area contributed by atoms with Gasteiger partial charge in [-0.2, -0.15) is 9.35 Å². The number of aliphatic hydroxyl groups is 1. The van der Waals surface area contributed by atoms with Gasteiger partial charge in [-0.25, -0.2) is 18.0 Å². The zero-order chi connectivity index (χ0) is 31.9. The lowest BCUT2D eigenvalue weighted by atomic mass is 10.0. The second-order valence-electron chi connectivity index (χ2n) is 11.5. The number of imidazole rings is 1. The summed E-state index contributed by atoms with van der Waals surface area (Å²) in [5, 5.41) is 10.1. The number of halogens is 2. The van der Waals surface area contributed by atoms with Gasteiger partial charge in [0, 0.05) is 45.5 Å². The highest BCUT2D eigenvalue weighted by molar-refractivity contribution is 7.95. The average molecular weight is 662 g/mol. The molecule has 10 nitrogen and oxygen atoms in total. The van der Waals surface area contributed by atoms with Crippen molar-refractivity contribution in [2.75, 3.05) is 50.6 Å². The van der Waals surface area contributed by atoms with Crippen LogP contribution in [0.2, 0.25) is 0 Å². The molecule has 0 bridgehead atoms. The largest absolute Gasteiger partial charge is 0.456 e. The summed E-state index contributed by atoms with van der Waals surface area (Å²) in [4.78, 5) is 9.14. The lowest BCUT2D eigenvalue weighted by Crippen LogP contribution is -2.35. The molecule has 2 aromatic carbocycles. The van der Waals surface area contributed by atoms with E-state index in [1.807, 2.05) is 0 Å². The summed E-state index contributed by atoms with van der Waals surface area (Å²) in [6.45, 7) is 0.959. The van der Waals surface area contributed by atoms with Crippen LogP contribution in [-0.4, -0.2) is 98.9 Å². The SMILES string of the molecule is C[S+](C)CCOCn1c(O[C@@H]2CO[C@H]3[C@@H]2OC[C@H]3O)nc2nc(-c3ccc(-c4ccc(N=S(C)(C)=O)cc4F)cc3)c(F)cc21. The first-order valence-electron chi connectivity index (χ1n) is 14.3. The van der Waals surface area contributed by atoms with Gasteiger partial charge in [-0.15, -0.1) is 0 Å². The molecule has 0 spiro atoms. The third kappa shape index (κ3) is 7.00. The highest BCUT2D eigenvalue weighted by Crippen LogP contribution is 2.33. The van der Waals surface area contributed by atoms with Crippen LogP contribution >= 0.6 is 0 Å². The van der Waals surface area contributed by atoms with Crippen LogP contribution in [0.3, 0.4) is 0 Å². The Morgan fingerprint density at radius 3 is 2.47 bits per heavy atom. The number of aromatic nitrogens is 3. The molecule has 4 heterocycles. The molecule has 0 unspecified atom stereocenters. The summed E-state index contributed by atoms with van der Waals surface area (Å²) in [5.74, 6) is -0.202. The summed E-state index contributed by atoms with van der Waals surface area (Å²) >= 11 is 0. The number of rotatable bonds is 10. The first-order valence-corrected chi connectivity index (χ1v) is 18.8. The monoisotopic (exact) mass is 661 g/mol. The molecule has 0 amide bonds. The van der Waals surface area contributed by atoms with E-state index in [9.17, 15) is 13.7 Å². The Morgan fingerprint density at radius 2 is 1.76 bits per heavy atom. The molecule has 6 rings (SSSR count). The van der Waals surface area contributed by atoms with Crippen molar-refractivity contribution in [3.63, 3.8) is 0 Å². The summed E-state index contributed by atoms with van der Waals surface area (Å²) < 4.78 is 71.7. The van der Waals surface area contributed by atoms with Gasteiger partial charge in [0.15, 0.2) is 17.6 Å². The summed E-state index contributed by atoms with van der Waals surface area (Å²) in [6.07, 6.45) is 5.05. The Balaban J connectivity index is 1.29. The molecule has 2 aliphatic heterocycles. The van der Waals surface area contributed by atoms with Crippen LogP contribution in [-0.2, 0) is 41.6 Å². The molecule has 2 fully saturated rings. The molecule has 4 atom stereocenters. The summed E-state index contributed by atoms with van der Waals surface area (Å²) in [5.41, 5.74) is 2.42.